The predicted molar refractivity (Wildman–Crippen MR) is 92.6 cm³/mol. The number of ether oxygens (including phenoxy) is 1. The Morgan fingerprint density at radius 2 is 1.48 bits per heavy atom. The second-order valence-corrected chi connectivity index (χ2v) is 6.77. The maximum atomic E-state index is 14.3. The molecule has 6 heteroatoms. The Bertz CT molecular complexity index is 968. The van der Waals surface area contributed by atoms with Gasteiger partial charge < -0.3 is 8.92 Å². The van der Waals surface area contributed by atoms with Crippen LogP contribution in [0.4, 0.5) is 4.39 Å². The van der Waals surface area contributed by atoms with Gasteiger partial charge in [-0.05, 0) is 42.0 Å². The molecular weight excluding hydrogens is 343 g/mol. The molecule has 128 valence electrons. The molecule has 3 aromatic rings. The molecule has 25 heavy (non-hydrogen) atoms. The summed E-state index contributed by atoms with van der Waals surface area (Å²) in [4.78, 5) is -0.0409. The smallest absolute Gasteiger partial charge is 0.339 e. The van der Waals surface area contributed by atoms with Gasteiger partial charge in [0.2, 0.25) is 0 Å². The summed E-state index contributed by atoms with van der Waals surface area (Å²) in [7, 11) is -2.57. The van der Waals surface area contributed by atoms with E-state index in [1.165, 1.54) is 43.5 Å². The van der Waals surface area contributed by atoms with Gasteiger partial charge in [-0.15, -0.1) is 0 Å². The van der Waals surface area contributed by atoms with Crippen LogP contribution in [0, 0.1) is 5.82 Å². The van der Waals surface area contributed by atoms with Gasteiger partial charge in [0.15, 0.2) is 0 Å². The first-order chi connectivity index (χ1) is 12.0. The van der Waals surface area contributed by atoms with Crippen molar-refractivity contribution in [3.05, 3.63) is 78.6 Å². The number of methoxy groups -OCH3 is 1. The van der Waals surface area contributed by atoms with Gasteiger partial charge in [0.05, 0.1) is 7.11 Å². The largest absolute Gasteiger partial charge is 0.497 e. The van der Waals surface area contributed by atoms with E-state index in [4.69, 9.17) is 8.92 Å². The molecule has 0 aliphatic rings. The molecule has 0 N–H and O–H groups in total. The lowest BCUT2D eigenvalue weighted by molar-refractivity contribution is 0.414. The summed E-state index contributed by atoms with van der Waals surface area (Å²) in [6.07, 6.45) is 0. The van der Waals surface area contributed by atoms with Crippen molar-refractivity contribution in [3.63, 3.8) is 0 Å². The highest BCUT2D eigenvalue weighted by Crippen LogP contribution is 2.28. The Morgan fingerprint density at radius 3 is 2.08 bits per heavy atom. The molecule has 0 bridgehead atoms. The van der Waals surface area contributed by atoms with Crippen molar-refractivity contribution >= 4 is 10.1 Å². The molecular formula is C19H15FO4S. The van der Waals surface area contributed by atoms with Gasteiger partial charge in [-0.3, -0.25) is 0 Å². The summed E-state index contributed by atoms with van der Waals surface area (Å²) in [6.45, 7) is 0. The number of benzene rings is 3. The monoisotopic (exact) mass is 358 g/mol. The molecule has 3 rings (SSSR count). The molecule has 0 heterocycles. The Morgan fingerprint density at radius 1 is 0.840 bits per heavy atom. The first-order valence-electron chi connectivity index (χ1n) is 7.43. The lowest BCUT2D eigenvalue weighted by Gasteiger charge is -2.09. The summed E-state index contributed by atoms with van der Waals surface area (Å²) in [5.41, 5.74) is 1.07. The van der Waals surface area contributed by atoms with Crippen LogP contribution in [-0.4, -0.2) is 15.5 Å². The number of rotatable bonds is 5. The van der Waals surface area contributed by atoms with E-state index in [9.17, 15) is 12.8 Å². The van der Waals surface area contributed by atoms with Gasteiger partial charge in [0.1, 0.15) is 22.2 Å². The van der Waals surface area contributed by atoms with E-state index in [1.54, 1.807) is 24.3 Å². The van der Waals surface area contributed by atoms with Crippen molar-refractivity contribution < 1.29 is 21.7 Å². The van der Waals surface area contributed by atoms with Crippen LogP contribution in [-0.2, 0) is 10.1 Å². The van der Waals surface area contributed by atoms with Crippen LogP contribution >= 0.6 is 0 Å². The molecule has 4 nitrogen and oxygen atoms in total. The Labute approximate surface area is 145 Å². The van der Waals surface area contributed by atoms with Gasteiger partial charge in [-0.1, -0.05) is 30.3 Å². The van der Waals surface area contributed by atoms with Crippen LogP contribution in [0.25, 0.3) is 11.1 Å². The molecule has 0 aromatic heterocycles. The molecule has 0 radical (unpaired) electrons. The molecule has 0 unspecified atom stereocenters. The maximum absolute atomic E-state index is 14.3. The molecule has 0 aliphatic carbocycles. The van der Waals surface area contributed by atoms with Gasteiger partial charge in [-0.2, -0.15) is 8.42 Å². The summed E-state index contributed by atoms with van der Waals surface area (Å²) >= 11 is 0. The summed E-state index contributed by atoms with van der Waals surface area (Å²) in [6, 6.07) is 18.7. The fraction of sp³-hybridized carbons (Fsp3) is 0.0526. The number of hydrogen-bond acceptors (Lipinski definition) is 4. The second kappa shape index (κ2) is 6.94. The van der Waals surface area contributed by atoms with Crippen molar-refractivity contribution in [3.8, 4) is 22.6 Å². The third-order valence-corrected chi connectivity index (χ3v) is 4.84. The fourth-order valence-electron chi connectivity index (χ4n) is 2.32. The van der Waals surface area contributed by atoms with Crippen LogP contribution in [0.2, 0.25) is 0 Å². The summed E-state index contributed by atoms with van der Waals surface area (Å²) in [5, 5.41) is 0. The number of halogens is 1. The minimum Gasteiger partial charge on any atom is -0.497 e. The van der Waals surface area contributed by atoms with E-state index in [0.29, 0.717) is 16.9 Å². The average molecular weight is 358 g/mol. The lowest BCUT2D eigenvalue weighted by Crippen LogP contribution is -2.09. The van der Waals surface area contributed by atoms with Crippen LogP contribution in [0.3, 0.4) is 0 Å². The standard InChI is InChI=1S/C19H15FO4S/c1-23-15-7-10-17(11-8-15)25(21,22)24-16-9-12-18(19(20)13-16)14-5-3-2-4-6-14/h2-13H,1H3. The minimum absolute atomic E-state index is 0.0409. The molecule has 0 atom stereocenters. The van der Waals surface area contributed by atoms with Crippen molar-refractivity contribution in [2.24, 2.45) is 0 Å². The summed E-state index contributed by atoms with van der Waals surface area (Å²) < 4.78 is 48.9. The Kier molecular flexibility index (Phi) is 4.72. The second-order valence-electron chi connectivity index (χ2n) is 5.22. The molecule has 0 spiro atoms. The van der Waals surface area contributed by atoms with Crippen molar-refractivity contribution in [1.82, 2.24) is 0 Å². The van der Waals surface area contributed by atoms with Crippen LogP contribution < -0.4 is 8.92 Å². The zero-order valence-corrected chi connectivity index (χ0v) is 14.2. The Hall–Kier alpha value is -2.86. The normalized spacial score (nSPS) is 11.1. The molecule has 0 amide bonds. The zero-order chi connectivity index (χ0) is 17.9. The minimum atomic E-state index is -4.05. The molecule has 3 aromatic carbocycles. The van der Waals surface area contributed by atoms with E-state index in [-0.39, 0.29) is 10.6 Å². The average Bonchev–Trinajstić information content (AvgIpc) is 2.62. The van der Waals surface area contributed by atoms with E-state index in [0.717, 1.165) is 6.07 Å². The zero-order valence-electron chi connectivity index (χ0n) is 13.3. The van der Waals surface area contributed by atoms with Crippen LogP contribution in [0.1, 0.15) is 0 Å². The van der Waals surface area contributed by atoms with E-state index in [1.807, 2.05) is 6.07 Å². The van der Waals surface area contributed by atoms with E-state index in [2.05, 4.69) is 0 Å². The lowest BCUT2D eigenvalue weighted by atomic mass is 10.1. The van der Waals surface area contributed by atoms with Gasteiger partial charge in [0, 0.05) is 11.6 Å². The van der Waals surface area contributed by atoms with Crippen LogP contribution in [0.5, 0.6) is 11.5 Å². The molecule has 0 saturated heterocycles. The highest BCUT2D eigenvalue weighted by molar-refractivity contribution is 7.87. The van der Waals surface area contributed by atoms with Crippen molar-refractivity contribution in [2.75, 3.05) is 7.11 Å². The van der Waals surface area contributed by atoms with Crippen molar-refractivity contribution in [2.45, 2.75) is 4.90 Å². The SMILES string of the molecule is COc1ccc(S(=O)(=O)Oc2ccc(-c3ccccc3)c(F)c2)cc1. The van der Waals surface area contributed by atoms with Gasteiger partial charge >= 0.3 is 10.1 Å². The predicted octanol–water partition coefficient (Wildman–Crippen LogP) is 4.27. The van der Waals surface area contributed by atoms with Crippen LogP contribution in [0.15, 0.2) is 77.7 Å². The molecule has 0 aliphatic heterocycles. The van der Waals surface area contributed by atoms with Crippen molar-refractivity contribution in [1.29, 1.82) is 0 Å². The van der Waals surface area contributed by atoms with Gasteiger partial charge in [-0.25, -0.2) is 4.39 Å². The molecule has 0 saturated carbocycles. The highest BCUT2D eigenvalue weighted by Gasteiger charge is 2.18. The maximum Gasteiger partial charge on any atom is 0.339 e. The van der Waals surface area contributed by atoms with E-state index >= 15 is 0 Å². The number of hydrogen-bond donors (Lipinski definition) is 0. The summed E-state index contributed by atoms with van der Waals surface area (Å²) in [5.74, 6) is -0.126. The first kappa shape index (κ1) is 17.0. The van der Waals surface area contributed by atoms with Gasteiger partial charge in [0.25, 0.3) is 0 Å². The third kappa shape index (κ3) is 3.80. The van der Waals surface area contributed by atoms with E-state index < -0.39 is 15.9 Å². The molecule has 0 fully saturated rings. The first-order valence-corrected chi connectivity index (χ1v) is 8.84. The quantitative estimate of drug-likeness (QED) is 0.639. The fourth-order valence-corrected chi connectivity index (χ4v) is 3.24. The Balaban J connectivity index is 1.86. The topological polar surface area (TPSA) is 52.6 Å². The highest BCUT2D eigenvalue weighted by atomic mass is 32.2. The third-order valence-electron chi connectivity index (χ3n) is 3.58.